The minimum Gasteiger partial charge on any atom is -0.357 e. The van der Waals surface area contributed by atoms with E-state index in [2.05, 4.69) is 15.6 Å². The summed E-state index contributed by atoms with van der Waals surface area (Å²) in [5.41, 5.74) is 0.898. The molecule has 130 valence electrons. The number of rotatable bonds is 6. The molecule has 0 aromatic heterocycles. The largest absolute Gasteiger partial charge is 0.357 e. The average molecular weight is 334 g/mol. The highest BCUT2D eigenvalue weighted by atomic mass is 19.1. The van der Waals surface area contributed by atoms with Crippen molar-refractivity contribution in [1.29, 1.82) is 0 Å². The molecule has 1 aliphatic rings. The van der Waals surface area contributed by atoms with Crippen molar-refractivity contribution in [3.05, 3.63) is 35.6 Å². The fraction of sp³-hybridized carbons (Fsp3) is 0.471. The average Bonchev–Trinajstić information content (AvgIpc) is 2.56. The van der Waals surface area contributed by atoms with Gasteiger partial charge in [0.2, 0.25) is 11.8 Å². The Bertz CT molecular complexity index is 585. The van der Waals surface area contributed by atoms with Crippen LogP contribution in [-0.2, 0) is 16.1 Å². The van der Waals surface area contributed by atoms with Gasteiger partial charge in [-0.1, -0.05) is 12.1 Å². The fourth-order valence-corrected chi connectivity index (χ4v) is 2.44. The number of carbonyl (C=O) groups is 2. The van der Waals surface area contributed by atoms with Gasteiger partial charge >= 0.3 is 0 Å². The highest BCUT2D eigenvalue weighted by molar-refractivity contribution is 5.97. The Hall–Kier alpha value is -2.44. The molecule has 2 rings (SSSR count). The van der Waals surface area contributed by atoms with Crippen LogP contribution in [0.3, 0.4) is 0 Å². The molecule has 1 heterocycles. The summed E-state index contributed by atoms with van der Waals surface area (Å²) in [6.07, 6.45) is 1.51. The van der Waals surface area contributed by atoms with Crippen LogP contribution in [0.25, 0.3) is 0 Å². The predicted octanol–water partition coefficient (Wildman–Crippen LogP) is 1.42. The molecule has 1 fully saturated rings. The molecule has 1 aromatic carbocycles. The maximum absolute atomic E-state index is 12.9. The van der Waals surface area contributed by atoms with Crippen LogP contribution in [0.1, 0.15) is 31.7 Å². The second kappa shape index (κ2) is 9.00. The van der Waals surface area contributed by atoms with Crippen molar-refractivity contribution in [2.24, 2.45) is 4.99 Å². The fourth-order valence-electron chi connectivity index (χ4n) is 2.44. The summed E-state index contributed by atoms with van der Waals surface area (Å²) in [7, 11) is 0. The number of benzene rings is 1. The molecule has 6 nitrogen and oxygen atoms in total. The van der Waals surface area contributed by atoms with Gasteiger partial charge in [0.05, 0.1) is 6.54 Å². The summed E-state index contributed by atoms with van der Waals surface area (Å²) in [6, 6.07) is 6.18. The third-order valence-corrected chi connectivity index (χ3v) is 3.69. The molecule has 24 heavy (non-hydrogen) atoms. The molecular weight excluding hydrogens is 311 g/mol. The highest BCUT2D eigenvalue weighted by Gasteiger charge is 2.25. The summed E-state index contributed by atoms with van der Waals surface area (Å²) in [5.74, 6) is 0.102. The zero-order chi connectivity index (χ0) is 17.4. The molecule has 0 radical (unpaired) electrons. The lowest BCUT2D eigenvalue weighted by molar-refractivity contribution is -0.147. The monoisotopic (exact) mass is 334 g/mol. The van der Waals surface area contributed by atoms with Crippen molar-refractivity contribution in [1.82, 2.24) is 15.5 Å². The zero-order valence-corrected chi connectivity index (χ0v) is 13.8. The molecule has 0 saturated carbocycles. The van der Waals surface area contributed by atoms with Crippen molar-refractivity contribution in [2.75, 3.05) is 19.6 Å². The summed E-state index contributed by atoms with van der Waals surface area (Å²) in [5, 5.41) is 6.21. The molecule has 1 aliphatic heterocycles. The molecule has 0 unspecified atom stereocenters. The first-order valence-corrected chi connectivity index (χ1v) is 8.20. The summed E-state index contributed by atoms with van der Waals surface area (Å²) in [6.45, 7) is 3.83. The lowest BCUT2D eigenvalue weighted by Gasteiger charge is -2.25. The number of amides is 2. The Kier molecular flexibility index (Phi) is 6.72. The van der Waals surface area contributed by atoms with Crippen LogP contribution in [0.5, 0.6) is 0 Å². The number of guanidine groups is 1. The van der Waals surface area contributed by atoms with Gasteiger partial charge in [0.25, 0.3) is 0 Å². The van der Waals surface area contributed by atoms with Crippen LogP contribution in [0, 0.1) is 5.82 Å². The number of piperidine rings is 1. The Labute approximate surface area is 141 Å². The number of hydrogen-bond acceptors (Lipinski definition) is 3. The van der Waals surface area contributed by atoms with Gasteiger partial charge in [0.1, 0.15) is 5.82 Å². The molecule has 0 aliphatic carbocycles. The van der Waals surface area contributed by atoms with Crippen LogP contribution in [0.2, 0.25) is 0 Å². The van der Waals surface area contributed by atoms with Crippen LogP contribution in [0.4, 0.5) is 4.39 Å². The van der Waals surface area contributed by atoms with Gasteiger partial charge in [-0.2, -0.15) is 0 Å². The third-order valence-electron chi connectivity index (χ3n) is 3.69. The summed E-state index contributed by atoms with van der Waals surface area (Å²) < 4.78 is 12.9. The van der Waals surface area contributed by atoms with Crippen molar-refractivity contribution in [3.8, 4) is 0 Å². The van der Waals surface area contributed by atoms with E-state index >= 15 is 0 Å². The van der Waals surface area contributed by atoms with E-state index in [9.17, 15) is 14.0 Å². The summed E-state index contributed by atoms with van der Waals surface area (Å²) in [4.78, 5) is 29.2. The third kappa shape index (κ3) is 5.33. The zero-order valence-electron chi connectivity index (χ0n) is 13.8. The number of likely N-dealkylation sites (tertiary alicyclic amines) is 1. The van der Waals surface area contributed by atoms with Gasteiger partial charge in [-0.05, 0) is 31.0 Å². The maximum atomic E-state index is 12.9. The standard InChI is InChI=1S/C17H23FN4O2/c1-2-19-17(21-12-13-6-8-14(18)9-7-13)20-10-11-22-15(23)4-3-5-16(22)24/h6-9H,2-5,10-12H2,1H3,(H2,19,20,21). The van der Waals surface area contributed by atoms with Gasteiger partial charge in [0.15, 0.2) is 5.96 Å². The maximum Gasteiger partial charge on any atom is 0.229 e. The second-order valence-electron chi connectivity index (χ2n) is 5.54. The van der Waals surface area contributed by atoms with Crippen molar-refractivity contribution in [3.63, 3.8) is 0 Å². The number of aliphatic imine (C=N–C) groups is 1. The van der Waals surface area contributed by atoms with E-state index in [1.807, 2.05) is 6.92 Å². The SMILES string of the molecule is CCNC(=NCc1ccc(F)cc1)NCCN1C(=O)CCCC1=O. The quantitative estimate of drug-likeness (QED) is 0.469. The van der Waals surface area contributed by atoms with Gasteiger partial charge < -0.3 is 10.6 Å². The number of imide groups is 1. The molecule has 0 bridgehead atoms. The second-order valence-corrected chi connectivity index (χ2v) is 5.54. The molecule has 7 heteroatoms. The summed E-state index contributed by atoms with van der Waals surface area (Å²) >= 11 is 0. The molecule has 2 amide bonds. The van der Waals surface area contributed by atoms with E-state index in [1.54, 1.807) is 12.1 Å². The normalized spacial score (nSPS) is 15.6. The number of carbonyl (C=O) groups excluding carboxylic acids is 2. The molecule has 0 spiro atoms. The van der Waals surface area contributed by atoms with Crippen LogP contribution in [0.15, 0.2) is 29.3 Å². The van der Waals surface area contributed by atoms with E-state index in [1.165, 1.54) is 17.0 Å². The number of hydrogen-bond donors (Lipinski definition) is 2. The van der Waals surface area contributed by atoms with E-state index in [0.29, 0.717) is 51.4 Å². The molecule has 0 atom stereocenters. The predicted molar refractivity (Wildman–Crippen MR) is 89.8 cm³/mol. The molecule has 1 aromatic rings. The van der Waals surface area contributed by atoms with Crippen LogP contribution >= 0.6 is 0 Å². The first kappa shape index (κ1) is 17.9. The van der Waals surface area contributed by atoms with Crippen molar-refractivity contribution in [2.45, 2.75) is 32.7 Å². The topological polar surface area (TPSA) is 73.8 Å². The van der Waals surface area contributed by atoms with Gasteiger partial charge in [0, 0.05) is 32.5 Å². The lowest BCUT2D eigenvalue weighted by atomic mass is 10.1. The smallest absolute Gasteiger partial charge is 0.229 e. The van der Waals surface area contributed by atoms with E-state index in [4.69, 9.17) is 0 Å². The van der Waals surface area contributed by atoms with Crippen LogP contribution < -0.4 is 10.6 Å². The Morgan fingerprint density at radius 2 is 1.83 bits per heavy atom. The Balaban J connectivity index is 1.86. The van der Waals surface area contributed by atoms with E-state index < -0.39 is 0 Å². The molecule has 1 saturated heterocycles. The van der Waals surface area contributed by atoms with E-state index in [0.717, 1.165) is 5.56 Å². The number of halogens is 1. The van der Waals surface area contributed by atoms with Gasteiger partial charge in [-0.25, -0.2) is 9.38 Å². The number of nitrogens with one attached hydrogen (secondary N) is 2. The highest BCUT2D eigenvalue weighted by Crippen LogP contribution is 2.11. The molecule has 2 N–H and O–H groups in total. The minimum atomic E-state index is -0.274. The Morgan fingerprint density at radius 1 is 1.17 bits per heavy atom. The first-order chi connectivity index (χ1) is 11.6. The van der Waals surface area contributed by atoms with Crippen molar-refractivity contribution >= 4 is 17.8 Å². The van der Waals surface area contributed by atoms with Gasteiger partial charge in [-0.15, -0.1) is 0 Å². The molecular formula is C17H23FN4O2. The van der Waals surface area contributed by atoms with Crippen LogP contribution in [-0.4, -0.2) is 42.3 Å². The lowest BCUT2D eigenvalue weighted by Crippen LogP contribution is -2.46. The number of nitrogens with zero attached hydrogens (tertiary/aromatic N) is 2. The van der Waals surface area contributed by atoms with Crippen molar-refractivity contribution < 1.29 is 14.0 Å². The minimum absolute atomic E-state index is 0.110. The van der Waals surface area contributed by atoms with E-state index in [-0.39, 0.29) is 17.6 Å². The Morgan fingerprint density at radius 3 is 2.46 bits per heavy atom. The first-order valence-electron chi connectivity index (χ1n) is 8.20. The van der Waals surface area contributed by atoms with Gasteiger partial charge in [-0.3, -0.25) is 14.5 Å².